The molecule has 2 aliphatic rings. The summed E-state index contributed by atoms with van der Waals surface area (Å²) in [5.41, 5.74) is 0.265. The molecule has 0 amide bonds. The molecule has 0 radical (unpaired) electrons. The van der Waals surface area contributed by atoms with E-state index in [9.17, 15) is 18.4 Å². The smallest absolute Gasteiger partial charge is 0.202 e. The Bertz CT molecular complexity index is 573. The molecule has 2 atom stereocenters. The number of ketones is 1. The van der Waals surface area contributed by atoms with E-state index in [1.807, 2.05) is 0 Å². The first-order valence-corrected chi connectivity index (χ1v) is 5.49. The van der Waals surface area contributed by atoms with Crippen LogP contribution in [0.3, 0.4) is 0 Å². The van der Waals surface area contributed by atoms with Gasteiger partial charge in [0.15, 0.2) is 23.6 Å². The van der Waals surface area contributed by atoms with Crippen molar-refractivity contribution < 1.29 is 23.1 Å². The van der Waals surface area contributed by atoms with Crippen molar-refractivity contribution in [1.29, 1.82) is 0 Å². The minimum Gasteiger partial charge on any atom is -0.465 e. The number of nitrogens with zero attached hydrogens (tertiary/aromatic N) is 1. The summed E-state index contributed by atoms with van der Waals surface area (Å²) in [4.78, 5) is 24.4. The van der Waals surface area contributed by atoms with Crippen molar-refractivity contribution in [3.05, 3.63) is 23.3 Å². The highest BCUT2D eigenvalue weighted by atomic mass is 19.2. The van der Waals surface area contributed by atoms with Crippen molar-refractivity contribution in [1.82, 2.24) is 0 Å². The van der Waals surface area contributed by atoms with Crippen LogP contribution in [-0.4, -0.2) is 24.8 Å². The molecule has 0 N–H and O–H groups in total. The van der Waals surface area contributed by atoms with Gasteiger partial charge in [-0.1, -0.05) is 0 Å². The summed E-state index contributed by atoms with van der Waals surface area (Å²) in [7, 11) is 0. The van der Waals surface area contributed by atoms with Crippen molar-refractivity contribution >= 4 is 17.8 Å². The van der Waals surface area contributed by atoms with Gasteiger partial charge in [0.2, 0.25) is 5.82 Å². The highest BCUT2D eigenvalue weighted by Gasteiger charge is 2.43. The topological polar surface area (TPSA) is 46.6 Å². The molecule has 1 aromatic rings. The van der Waals surface area contributed by atoms with Crippen LogP contribution in [0.4, 0.5) is 14.5 Å². The van der Waals surface area contributed by atoms with E-state index < -0.39 is 29.6 Å². The molecule has 3 rings (SSSR count). The third-order valence-electron chi connectivity index (χ3n) is 3.32. The van der Waals surface area contributed by atoms with Gasteiger partial charge in [-0.2, -0.15) is 4.39 Å². The molecule has 94 valence electrons. The Morgan fingerprint density at radius 1 is 1.50 bits per heavy atom. The van der Waals surface area contributed by atoms with Gasteiger partial charge in [-0.25, -0.2) is 4.39 Å². The number of rotatable bonds is 1. The van der Waals surface area contributed by atoms with Crippen LogP contribution in [0.2, 0.25) is 0 Å². The van der Waals surface area contributed by atoms with Gasteiger partial charge in [-0.3, -0.25) is 4.79 Å². The average Bonchev–Trinajstić information content (AvgIpc) is 2.67. The number of carbonyl (C=O) groups excluding carboxylic acids is 2. The van der Waals surface area contributed by atoms with Crippen LogP contribution in [0.15, 0.2) is 6.07 Å². The van der Waals surface area contributed by atoms with Gasteiger partial charge in [0.1, 0.15) is 6.29 Å². The van der Waals surface area contributed by atoms with Crippen molar-refractivity contribution in [3.8, 4) is 5.75 Å². The molecule has 0 fully saturated rings. The van der Waals surface area contributed by atoms with Crippen LogP contribution >= 0.6 is 0 Å². The Kier molecular flexibility index (Phi) is 2.17. The van der Waals surface area contributed by atoms with Crippen LogP contribution in [-0.2, 0) is 4.79 Å². The first-order valence-electron chi connectivity index (χ1n) is 5.49. The Morgan fingerprint density at radius 3 is 2.89 bits per heavy atom. The third-order valence-corrected chi connectivity index (χ3v) is 3.32. The first kappa shape index (κ1) is 11.1. The zero-order valence-corrected chi connectivity index (χ0v) is 9.44. The zero-order valence-electron chi connectivity index (χ0n) is 9.44. The number of benzene rings is 1. The SMILES string of the molecule is CC1Oc2c(F)c(F)cc3c2N1CC(C=O)C3=O. The Hall–Kier alpha value is -1.98. The predicted molar refractivity (Wildman–Crippen MR) is 57.7 cm³/mol. The summed E-state index contributed by atoms with van der Waals surface area (Å²) in [6.07, 6.45) is 0.00246. The number of halogens is 2. The lowest BCUT2D eigenvalue weighted by atomic mass is 9.91. The molecule has 0 aliphatic carbocycles. The van der Waals surface area contributed by atoms with Crippen LogP contribution in [0, 0.1) is 17.6 Å². The molecule has 0 saturated carbocycles. The van der Waals surface area contributed by atoms with Gasteiger partial charge in [0, 0.05) is 12.1 Å². The van der Waals surface area contributed by atoms with Gasteiger partial charge < -0.3 is 14.4 Å². The fourth-order valence-corrected chi connectivity index (χ4v) is 2.43. The van der Waals surface area contributed by atoms with Crippen LogP contribution in [0.25, 0.3) is 0 Å². The number of aldehydes is 1. The van der Waals surface area contributed by atoms with Gasteiger partial charge in [-0.05, 0) is 13.0 Å². The summed E-state index contributed by atoms with van der Waals surface area (Å²) < 4.78 is 32.2. The van der Waals surface area contributed by atoms with E-state index in [1.54, 1.807) is 11.8 Å². The summed E-state index contributed by atoms with van der Waals surface area (Å²) in [6, 6.07) is 0.834. The van der Waals surface area contributed by atoms with E-state index in [4.69, 9.17) is 4.74 Å². The predicted octanol–water partition coefficient (Wildman–Crippen LogP) is 1.52. The van der Waals surface area contributed by atoms with E-state index in [0.717, 1.165) is 6.07 Å². The van der Waals surface area contributed by atoms with Gasteiger partial charge in [0.05, 0.1) is 11.6 Å². The standard InChI is InChI=1S/C12H9F2NO3/c1-5-15-3-6(4-16)11(17)7-2-8(13)9(14)12(18-5)10(7)15/h2,4-6H,3H2,1H3. The maximum atomic E-state index is 13.6. The second-order valence-electron chi connectivity index (χ2n) is 4.37. The quantitative estimate of drug-likeness (QED) is 0.562. The average molecular weight is 253 g/mol. The Labute approximate surface area is 101 Å². The molecule has 0 bridgehead atoms. The number of Topliss-reactive ketones (excluding diaryl/α,β-unsaturated/α-hetero) is 1. The van der Waals surface area contributed by atoms with E-state index >= 15 is 0 Å². The highest BCUT2D eigenvalue weighted by Crippen LogP contribution is 2.46. The Morgan fingerprint density at radius 2 is 2.22 bits per heavy atom. The van der Waals surface area contributed by atoms with Gasteiger partial charge in [0.25, 0.3) is 0 Å². The second-order valence-corrected chi connectivity index (χ2v) is 4.37. The molecule has 1 aromatic carbocycles. The fourth-order valence-electron chi connectivity index (χ4n) is 2.43. The minimum absolute atomic E-state index is 0.0107. The summed E-state index contributed by atoms with van der Waals surface area (Å²) in [6.45, 7) is 1.79. The number of hydrogen-bond acceptors (Lipinski definition) is 4. The molecular formula is C12H9F2NO3. The molecule has 0 aromatic heterocycles. The largest absolute Gasteiger partial charge is 0.465 e. The van der Waals surface area contributed by atoms with E-state index in [-0.39, 0.29) is 23.5 Å². The van der Waals surface area contributed by atoms with Crippen LogP contribution in [0.1, 0.15) is 17.3 Å². The normalized spacial score (nSPS) is 24.8. The minimum atomic E-state index is -1.14. The van der Waals surface area contributed by atoms with Gasteiger partial charge in [-0.15, -0.1) is 0 Å². The monoisotopic (exact) mass is 253 g/mol. The molecule has 0 spiro atoms. The van der Waals surface area contributed by atoms with Crippen molar-refractivity contribution in [3.63, 3.8) is 0 Å². The molecule has 2 heterocycles. The van der Waals surface area contributed by atoms with Crippen molar-refractivity contribution in [2.45, 2.75) is 13.2 Å². The van der Waals surface area contributed by atoms with Crippen molar-refractivity contribution in [2.75, 3.05) is 11.4 Å². The van der Waals surface area contributed by atoms with Crippen LogP contribution in [0.5, 0.6) is 5.75 Å². The zero-order chi connectivity index (χ0) is 13.0. The summed E-state index contributed by atoms with van der Waals surface area (Å²) in [5, 5.41) is 0. The maximum absolute atomic E-state index is 13.6. The van der Waals surface area contributed by atoms with Gasteiger partial charge >= 0.3 is 0 Å². The molecule has 0 saturated heterocycles. The molecule has 2 unspecified atom stereocenters. The lowest BCUT2D eigenvalue weighted by Gasteiger charge is -2.30. The number of carbonyl (C=O) groups is 2. The number of hydrogen-bond donors (Lipinski definition) is 0. The summed E-state index contributed by atoms with van der Waals surface area (Å²) in [5.74, 6) is -3.83. The molecule has 2 aliphatic heterocycles. The molecule has 18 heavy (non-hydrogen) atoms. The fraction of sp³-hybridized carbons (Fsp3) is 0.333. The van der Waals surface area contributed by atoms with Crippen molar-refractivity contribution in [2.24, 2.45) is 5.92 Å². The molecule has 6 heteroatoms. The van der Waals surface area contributed by atoms with Crippen LogP contribution < -0.4 is 9.64 Å². The van der Waals surface area contributed by atoms with E-state index in [0.29, 0.717) is 6.29 Å². The number of anilines is 1. The highest BCUT2D eigenvalue weighted by molar-refractivity contribution is 6.12. The molecular weight excluding hydrogens is 244 g/mol. The van der Waals surface area contributed by atoms with E-state index in [1.165, 1.54) is 0 Å². The second kappa shape index (κ2) is 3.51. The lowest BCUT2D eigenvalue weighted by molar-refractivity contribution is -0.109. The summed E-state index contributed by atoms with van der Waals surface area (Å²) >= 11 is 0. The third kappa shape index (κ3) is 1.23. The number of ether oxygens (including phenoxy) is 1. The maximum Gasteiger partial charge on any atom is 0.202 e. The molecule has 4 nitrogen and oxygen atoms in total. The van der Waals surface area contributed by atoms with E-state index in [2.05, 4.69) is 0 Å². The lowest BCUT2D eigenvalue weighted by Crippen LogP contribution is -2.43. The first-order chi connectivity index (χ1) is 8.54. The Balaban J connectivity index is 2.27.